The van der Waals surface area contributed by atoms with Crippen LogP contribution in [0.25, 0.3) is 0 Å². The van der Waals surface area contributed by atoms with Gasteiger partial charge < -0.3 is 14.9 Å². The van der Waals surface area contributed by atoms with Gasteiger partial charge in [0.15, 0.2) is 0 Å². The molecule has 2 aliphatic carbocycles. The fourth-order valence-corrected chi connectivity index (χ4v) is 3.28. The second kappa shape index (κ2) is 5.62. The Balaban J connectivity index is 1.94. The molecule has 0 amide bonds. The number of hydrogen-bond acceptors (Lipinski definition) is 4. The highest BCUT2D eigenvalue weighted by molar-refractivity contribution is 5.78. The van der Waals surface area contributed by atoms with Gasteiger partial charge in [0.25, 0.3) is 0 Å². The van der Waals surface area contributed by atoms with E-state index in [0.29, 0.717) is 12.6 Å². The second-order valence-corrected chi connectivity index (χ2v) is 7.20. The van der Waals surface area contributed by atoms with Crippen LogP contribution < -0.4 is 5.32 Å². The van der Waals surface area contributed by atoms with Gasteiger partial charge in [0, 0.05) is 24.7 Å². The van der Waals surface area contributed by atoms with Gasteiger partial charge in [0.1, 0.15) is 5.54 Å². The summed E-state index contributed by atoms with van der Waals surface area (Å²) in [6.07, 6.45) is 5.92. The predicted octanol–water partition coefficient (Wildman–Crippen LogP) is 0.998. The minimum absolute atomic E-state index is 0.244. The van der Waals surface area contributed by atoms with E-state index in [9.17, 15) is 9.90 Å². The minimum atomic E-state index is -0.840. The van der Waals surface area contributed by atoms with Crippen LogP contribution in [-0.4, -0.2) is 72.2 Å². The number of nitrogens with one attached hydrogen (secondary N) is 1. The molecule has 0 spiro atoms. The summed E-state index contributed by atoms with van der Waals surface area (Å²) < 4.78 is 0. The fourth-order valence-electron chi connectivity index (χ4n) is 3.28. The van der Waals surface area contributed by atoms with Crippen molar-refractivity contribution in [2.45, 2.75) is 56.1 Å². The first kappa shape index (κ1) is 15.7. The van der Waals surface area contributed by atoms with Crippen molar-refractivity contribution in [1.29, 1.82) is 0 Å². The second-order valence-electron chi connectivity index (χ2n) is 7.20. The number of aliphatic carboxylic acids is 1. The largest absolute Gasteiger partial charge is 0.480 e. The van der Waals surface area contributed by atoms with Crippen molar-refractivity contribution in [2.24, 2.45) is 0 Å². The Kier molecular flexibility index (Phi) is 4.42. The summed E-state index contributed by atoms with van der Waals surface area (Å²) >= 11 is 0. The average Bonchev–Trinajstić information content (AvgIpc) is 3.06. The van der Waals surface area contributed by atoms with E-state index in [1.54, 1.807) is 0 Å². The highest BCUT2D eigenvalue weighted by atomic mass is 16.4. The number of carboxylic acid groups (broad SMARTS) is 1. The summed E-state index contributed by atoms with van der Waals surface area (Å²) in [6.45, 7) is 3.30. The molecule has 0 heterocycles. The zero-order chi connectivity index (χ0) is 15.0. The maximum absolute atomic E-state index is 11.6. The molecule has 1 atom stereocenters. The molecule has 2 rings (SSSR count). The molecule has 2 saturated carbocycles. The van der Waals surface area contributed by atoms with E-state index >= 15 is 0 Å². The van der Waals surface area contributed by atoms with Crippen LogP contribution in [0.2, 0.25) is 0 Å². The first-order valence-electron chi connectivity index (χ1n) is 7.64. The lowest BCUT2D eigenvalue weighted by atomic mass is 9.75. The molecular formula is C15H29N3O2. The summed E-state index contributed by atoms with van der Waals surface area (Å²) in [5.41, 5.74) is -0.596. The first-order chi connectivity index (χ1) is 9.27. The minimum Gasteiger partial charge on any atom is -0.480 e. The lowest BCUT2D eigenvalue weighted by molar-refractivity contribution is -0.145. The van der Waals surface area contributed by atoms with Gasteiger partial charge in [-0.1, -0.05) is 0 Å². The van der Waals surface area contributed by atoms with Crippen LogP contribution in [0.3, 0.4) is 0 Å². The maximum atomic E-state index is 11.6. The van der Waals surface area contributed by atoms with Crippen molar-refractivity contribution in [1.82, 2.24) is 15.1 Å². The molecule has 0 aromatic heterocycles. The highest BCUT2D eigenvalue weighted by Crippen LogP contribution is 2.36. The van der Waals surface area contributed by atoms with Crippen molar-refractivity contribution in [3.63, 3.8) is 0 Å². The average molecular weight is 283 g/mol. The van der Waals surface area contributed by atoms with Crippen molar-refractivity contribution in [3.8, 4) is 0 Å². The van der Waals surface area contributed by atoms with Crippen LogP contribution in [-0.2, 0) is 4.79 Å². The summed E-state index contributed by atoms with van der Waals surface area (Å²) in [5, 5.41) is 12.8. The molecule has 5 heteroatoms. The summed E-state index contributed by atoms with van der Waals surface area (Å²) in [5.74, 6) is -0.747. The van der Waals surface area contributed by atoms with Crippen molar-refractivity contribution < 1.29 is 9.90 Å². The molecule has 5 nitrogen and oxygen atoms in total. The van der Waals surface area contributed by atoms with Gasteiger partial charge in [0.05, 0.1) is 0 Å². The Hall–Kier alpha value is -0.650. The van der Waals surface area contributed by atoms with Crippen LogP contribution in [0.4, 0.5) is 0 Å². The maximum Gasteiger partial charge on any atom is 0.324 e. The molecular weight excluding hydrogens is 254 g/mol. The molecule has 0 bridgehead atoms. The fraction of sp³-hybridized carbons (Fsp3) is 0.933. The zero-order valence-electron chi connectivity index (χ0n) is 13.3. The summed E-state index contributed by atoms with van der Waals surface area (Å²) in [7, 11) is 6.30. The van der Waals surface area contributed by atoms with Gasteiger partial charge in [0.2, 0.25) is 0 Å². The van der Waals surface area contributed by atoms with E-state index < -0.39 is 11.5 Å². The van der Waals surface area contributed by atoms with E-state index in [1.165, 1.54) is 19.3 Å². The SMILES string of the molecule is CN(CC(C)(NC1CC1)C(=O)O)CC1(N(C)C)CCC1. The van der Waals surface area contributed by atoms with Crippen LogP contribution in [0.1, 0.15) is 39.0 Å². The van der Waals surface area contributed by atoms with Crippen LogP contribution in [0.5, 0.6) is 0 Å². The number of carbonyl (C=O) groups is 1. The third kappa shape index (κ3) is 3.32. The smallest absolute Gasteiger partial charge is 0.324 e. The Morgan fingerprint density at radius 2 is 1.95 bits per heavy atom. The molecule has 0 aliphatic heterocycles. The van der Waals surface area contributed by atoms with Crippen molar-refractivity contribution >= 4 is 5.97 Å². The van der Waals surface area contributed by atoms with Gasteiger partial charge in [-0.2, -0.15) is 0 Å². The Morgan fingerprint density at radius 1 is 1.35 bits per heavy atom. The quantitative estimate of drug-likeness (QED) is 0.696. The summed E-state index contributed by atoms with van der Waals surface area (Å²) in [4.78, 5) is 16.1. The third-order valence-electron chi connectivity index (χ3n) is 4.96. The molecule has 0 aromatic carbocycles. The Bertz CT molecular complexity index is 364. The van der Waals surface area contributed by atoms with Crippen molar-refractivity contribution in [2.75, 3.05) is 34.2 Å². The zero-order valence-corrected chi connectivity index (χ0v) is 13.3. The third-order valence-corrected chi connectivity index (χ3v) is 4.96. The number of nitrogens with zero attached hydrogens (tertiary/aromatic N) is 2. The Labute approximate surface area is 122 Å². The van der Waals surface area contributed by atoms with Crippen LogP contribution in [0, 0.1) is 0 Å². The van der Waals surface area contributed by atoms with E-state index in [2.05, 4.69) is 29.2 Å². The number of likely N-dealkylation sites (N-methyl/N-ethyl adjacent to an activating group) is 2. The van der Waals surface area contributed by atoms with E-state index in [-0.39, 0.29) is 5.54 Å². The Morgan fingerprint density at radius 3 is 2.30 bits per heavy atom. The highest BCUT2D eigenvalue weighted by Gasteiger charge is 2.43. The van der Waals surface area contributed by atoms with Crippen LogP contribution in [0.15, 0.2) is 0 Å². The molecule has 2 N–H and O–H groups in total. The number of carboxylic acids is 1. The van der Waals surface area contributed by atoms with Crippen LogP contribution >= 0.6 is 0 Å². The lowest BCUT2D eigenvalue weighted by Crippen LogP contribution is -2.61. The van der Waals surface area contributed by atoms with Gasteiger partial charge in [-0.25, -0.2) is 0 Å². The number of hydrogen-bond donors (Lipinski definition) is 2. The van der Waals surface area contributed by atoms with Gasteiger partial charge in [-0.15, -0.1) is 0 Å². The molecule has 2 fully saturated rings. The molecule has 2 aliphatic rings. The van der Waals surface area contributed by atoms with E-state index in [0.717, 1.165) is 19.4 Å². The molecule has 1 unspecified atom stereocenters. The molecule has 0 saturated heterocycles. The standard InChI is InChI=1S/C15H29N3O2/c1-14(13(19)20,16-12-6-7-12)10-18(4)11-15(17(2)3)8-5-9-15/h12,16H,5-11H2,1-4H3,(H,19,20). The monoisotopic (exact) mass is 283 g/mol. The molecule has 0 radical (unpaired) electrons. The van der Waals surface area contributed by atoms with E-state index in [1.807, 2.05) is 14.0 Å². The molecule has 0 aromatic rings. The lowest BCUT2D eigenvalue weighted by Gasteiger charge is -2.50. The van der Waals surface area contributed by atoms with Crippen molar-refractivity contribution in [3.05, 3.63) is 0 Å². The number of rotatable bonds is 8. The molecule has 20 heavy (non-hydrogen) atoms. The summed E-state index contributed by atoms with van der Waals surface area (Å²) in [6, 6.07) is 0.399. The predicted molar refractivity (Wildman–Crippen MR) is 80.0 cm³/mol. The molecule has 116 valence electrons. The van der Waals surface area contributed by atoms with Gasteiger partial charge >= 0.3 is 5.97 Å². The first-order valence-corrected chi connectivity index (χ1v) is 7.64. The normalized spacial score (nSPS) is 24.5. The topological polar surface area (TPSA) is 55.8 Å². The van der Waals surface area contributed by atoms with Gasteiger partial charge in [-0.05, 0) is 60.2 Å². The van der Waals surface area contributed by atoms with E-state index in [4.69, 9.17) is 0 Å². The van der Waals surface area contributed by atoms with Gasteiger partial charge in [-0.3, -0.25) is 10.1 Å².